The van der Waals surface area contributed by atoms with Crippen molar-refractivity contribution in [2.24, 2.45) is 23.5 Å². The van der Waals surface area contributed by atoms with Gasteiger partial charge in [0.1, 0.15) is 0 Å². The third kappa shape index (κ3) is 1.93. The van der Waals surface area contributed by atoms with Crippen LogP contribution >= 0.6 is 12.4 Å². The van der Waals surface area contributed by atoms with Crippen LogP contribution in [0.2, 0.25) is 0 Å². The second-order valence-corrected chi connectivity index (χ2v) is 5.08. The summed E-state index contributed by atoms with van der Waals surface area (Å²) in [6.07, 6.45) is 1.28. The Morgan fingerprint density at radius 3 is 2.14 bits per heavy atom. The van der Waals surface area contributed by atoms with Crippen molar-refractivity contribution < 1.29 is 0 Å². The van der Waals surface area contributed by atoms with E-state index in [1.165, 1.54) is 19.5 Å². The molecule has 14 heavy (non-hydrogen) atoms. The molecule has 1 heterocycles. The summed E-state index contributed by atoms with van der Waals surface area (Å²) in [4.78, 5) is 2.66. The number of hydrogen-bond donors (Lipinski definition) is 1. The van der Waals surface area contributed by atoms with Gasteiger partial charge in [0.2, 0.25) is 0 Å². The Kier molecular flexibility index (Phi) is 3.84. The van der Waals surface area contributed by atoms with Gasteiger partial charge in [-0.1, -0.05) is 20.8 Å². The Morgan fingerprint density at radius 2 is 1.79 bits per heavy atom. The first-order valence-electron chi connectivity index (χ1n) is 5.64. The molecule has 0 aromatic heterocycles. The molecule has 2 fully saturated rings. The SMILES string of the molecule is CCC(C(C)C)N1C[C@@H]2C(N)[C@@H]2C1.Cl. The van der Waals surface area contributed by atoms with Gasteiger partial charge < -0.3 is 5.73 Å². The molecule has 4 atom stereocenters. The van der Waals surface area contributed by atoms with Gasteiger partial charge in [0.05, 0.1) is 0 Å². The van der Waals surface area contributed by atoms with Crippen molar-refractivity contribution in [3.8, 4) is 0 Å². The third-order valence-electron chi connectivity index (χ3n) is 3.95. The van der Waals surface area contributed by atoms with Crippen LogP contribution in [0.25, 0.3) is 0 Å². The highest BCUT2D eigenvalue weighted by atomic mass is 35.5. The van der Waals surface area contributed by atoms with Gasteiger partial charge in [-0.15, -0.1) is 12.4 Å². The number of rotatable bonds is 3. The standard InChI is InChI=1S/C11H22N2.ClH/c1-4-10(7(2)3)13-5-8-9(6-13)11(8)12;/h7-11H,4-6,12H2,1-3H3;1H/t8-,9+,10?,11?;. The zero-order valence-electron chi connectivity index (χ0n) is 9.44. The van der Waals surface area contributed by atoms with Crippen molar-refractivity contribution in [2.75, 3.05) is 13.1 Å². The lowest BCUT2D eigenvalue weighted by Gasteiger charge is -2.31. The van der Waals surface area contributed by atoms with Crippen LogP contribution in [0.5, 0.6) is 0 Å². The van der Waals surface area contributed by atoms with E-state index < -0.39 is 0 Å². The van der Waals surface area contributed by atoms with Crippen molar-refractivity contribution in [1.82, 2.24) is 4.90 Å². The zero-order chi connectivity index (χ0) is 9.59. The lowest BCUT2D eigenvalue weighted by molar-refractivity contribution is 0.165. The van der Waals surface area contributed by atoms with E-state index in [9.17, 15) is 0 Å². The summed E-state index contributed by atoms with van der Waals surface area (Å²) >= 11 is 0. The van der Waals surface area contributed by atoms with Crippen molar-refractivity contribution in [1.29, 1.82) is 0 Å². The zero-order valence-corrected chi connectivity index (χ0v) is 10.3. The van der Waals surface area contributed by atoms with Crippen LogP contribution in [0.4, 0.5) is 0 Å². The maximum absolute atomic E-state index is 5.93. The van der Waals surface area contributed by atoms with E-state index in [0.717, 1.165) is 23.8 Å². The number of fused-ring (bicyclic) bond motifs is 1. The normalized spacial score (nSPS) is 37.9. The largest absolute Gasteiger partial charge is 0.327 e. The molecular weight excluding hydrogens is 196 g/mol. The molecule has 1 saturated heterocycles. The van der Waals surface area contributed by atoms with Crippen LogP contribution < -0.4 is 5.73 Å². The number of halogens is 1. The average Bonchev–Trinajstić information content (AvgIpc) is 2.54. The first-order chi connectivity index (χ1) is 6.15. The molecule has 0 aromatic carbocycles. The molecule has 2 unspecified atom stereocenters. The molecule has 2 aliphatic rings. The fourth-order valence-electron chi connectivity index (χ4n) is 3.03. The summed E-state index contributed by atoms with van der Waals surface area (Å²) in [6, 6.07) is 1.33. The van der Waals surface area contributed by atoms with Gasteiger partial charge in [-0.25, -0.2) is 0 Å². The van der Waals surface area contributed by atoms with Crippen LogP contribution in [-0.2, 0) is 0 Å². The number of nitrogens with zero attached hydrogens (tertiary/aromatic N) is 1. The summed E-state index contributed by atoms with van der Waals surface area (Å²) < 4.78 is 0. The lowest BCUT2D eigenvalue weighted by atomic mass is 10.00. The number of piperidine rings is 1. The Bertz CT molecular complexity index is 184. The molecule has 0 bridgehead atoms. The summed E-state index contributed by atoms with van der Waals surface area (Å²) in [5.74, 6) is 2.47. The van der Waals surface area contributed by atoms with E-state index in [4.69, 9.17) is 5.73 Å². The molecule has 0 amide bonds. The fraction of sp³-hybridized carbons (Fsp3) is 1.00. The number of hydrogen-bond acceptors (Lipinski definition) is 2. The minimum Gasteiger partial charge on any atom is -0.327 e. The highest BCUT2D eigenvalue weighted by Crippen LogP contribution is 2.45. The smallest absolute Gasteiger partial charge is 0.0127 e. The first-order valence-corrected chi connectivity index (χ1v) is 5.64. The van der Waals surface area contributed by atoms with E-state index in [-0.39, 0.29) is 12.4 Å². The predicted molar refractivity (Wildman–Crippen MR) is 62.7 cm³/mol. The average molecular weight is 219 g/mol. The Hall–Kier alpha value is 0.210. The predicted octanol–water partition coefficient (Wildman–Crippen LogP) is 1.73. The van der Waals surface area contributed by atoms with Gasteiger partial charge in [0.25, 0.3) is 0 Å². The number of likely N-dealkylation sites (tertiary alicyclic amines) is 1. The Labute approximate surface area is 93.6 Å². The Balaban J connectivity index is 0.000000980. The van der Waals surface area contributed by atoms with E-state index in [0.29, 0.717) is 6.04 Å². The van der Waals surface area contributed by atoms with Crippen LogP contribution in [0.3, 0.4) is 0 Å². The maximum atomic E-state index is 5.93. The summed E-state index contributed by atoms with van der Waals surface area (Å²) in [5, 5.41) is 0. The van der Waals surface area contributed by atoms with Crippen LogP contribution in [0.1, 0.15) is 27.2 Å². The van der Waals surface area contributed by atoms with E-state index in [1.54, 1.807) is 0 Å². The molecular formula is C11H23ClN2. The maximum Gasteiger partial charge on any atom is 0.0127 e. The molecule has 3 heteroatoms. The van der Waals surface area contributed by atoms with E-state index in [1.807, 2.05) is 0 Å². The second kappa shape index (κ2) is 4.38. The van der Waals surface area contributed by atoms with E-state index >= 15 is 0 Å². The molecule has 2 N–H and O–H groups in total. The highest BCUT2D eigenvalue weighted by Gasteiger charge is 2.54. The lowest BCUT2D eigenvalue weighted by Crippen LogP contribution is -2.40. The van der Waals surface area contributed by atoms with Crippen LogP contribution in [-0.4, -0.2) is 30.1 Å². The van der Waals surface area contributed by atoms with Crippen molar-refractivity contribution >= 4 is 12.4 Å². The number of nitrogens with two attached hydrogens (primary N) is 1. The van der Waals surface area contributed by atoms with E-state index in [2.05, 4.69) is 25.7 Å². The molecule has 0 aromatic rings. The monoisotopic (exact) mass is 218 g/mol. The van der Waals surface area contributed by atoms with Crippen LogP contribution in [0, 0.1) is 17.8 Å². The van der Waals surface area contributed by atoms with Gasteiger partial charge >= 0.3 is 0 Å². The minimum atomic E-state index is 0. The quantitative estimate of drug-likeness (QED) is 0.782. The highest BCUT2D eigenvalue weighted by molar-refractivity contribution is 5.85. The molecule has 2 rings (SSSR count). The van der Waals surface area contributed by atoms with Gasteiger partial charge in [-0.3, -0.25) is 4.90 Å². The molecule has 1 aliphatic heterocycles. The third-order valence-corrected chi connectivity index (χ3v) is 3.95. The summed E-state index contributed by atoms with van der Waals surface area (Å²) in [7, 11) is 0. The molecule has 1 aliphatic carbocycles. The molecule has 0 spiro atoms. The second-order valence-electron chi connectivity index (χ2n) is 5.08. The van der Waals surface area contributed by atoms with Crippen molar-refractivity contribution in [3.05, 3.63) is 0 Å². The molecule has 84 valence electrons. The van der Waals surface area contributed by atoms with Crippen molar-refractivity contribution in [2.45, 2.75) is 39.3 Å². The minimum absolute atomic E-state index is 0. The molecule has 1 saturated carbocycles. The first kappa shape index (κ1) is 12.3. The van der Waals surface area contributed by atoms with Crippen molar-refractivity contribution in [3.63, 3.8) is 0 Å². The summed E-state index contributed by atoms with van der Waals surface area (Å²) in [5.41, 5.74) is 5.93. The summed E-state index contributed by atoms with van der Waals surface area (Å²) in [6.45, 7) is 9.50. The van der Waals surface area contributed by atoms with Gasteiger partial charge in [-0.05, 0) is 24.2 Å². The Morgan fingerprint density at radius 1 is 1.29 bits per heavy atom. The molecule has 0 radical (unpaired) electrons. The molecule has 2 nitrogen and oxygen atoms in total. The van der Waals surface area contributed by atoms with Gasteiger partial charge in [0.15, 0.2) is 0 Å². The topological polar surface area (TPSA) is 29.3 Å². The van der Waals surface area contributed by atoms with Gasteiger partial charge in [0, 0.05) is 25.2 Å². The van der Waals surface area contributed by atoms with Gasteiger partial charge in [-0.2, -0.15) is 0 Å². The van der Waals surface area contributed by atoms with Crippen LogP contribution in [0.15, 0.2) is 0 Å². The fourth-order valence-corrected chi connectivity index (χ4v) is 3.03.